The van der Waals surface area contributed by atoms with E-state index in [-0.39, 0.29) is 11.1 Å². The summed E-state index contributed by atoms with van der Waals surface area (Å²) < 4.78 is 27.4. The molecule has 0 unspecified atom stereocenters. The fourth-order valence-corrected chi connectivity index (χ4v) is 4.85. The number of fused-ring (bicyclic) bond motifs is 1. The molecular weight excluding hydrogens is 404 g/mol. The summed E-state index contributed by atoms with van der Waals surface area (Å²) in [6.07, 6.45) is 3.20. The van der Waals surface area contributed by atoms with E-state index < -0.39 is 26.4 Å². The van der Waals surface area contributed by atoms with Crippen LogP contribution in [0.5, 0.6) is 0 Å². The molecule has 1 aromatic carbocycles. The third-order valence-corrected chi connectivity index (χ3v) is 6.76. The van der Waals surface area contributed by atoms with Gasteiger partial charge in [-0.3, -0.25) is 9.59 Å². The fraction of sp³-hybridized carbons (Fsp3) is 0.286. The number of anilines is 1. The molecule has 8 nitrogen and oxygen atoms in total. The van der Waals surface area contributed by atoms with Crippen LogP contribution in [0.2, 0.25) is 0 Å². The summed E-state index contributed by atoms with van der Waals surface area (Å²) in [6, 6.07) is 11.5. The number of H-pyrrole nitrogens is 1. The number of amides is 1. The van der Waals surface area contributed by atoms with Crippen molar-refractivity contribution in [1.82, 2.24) is 14.7 Å². The van der Waals surface area contributed by atoms with Crippen molar-refractivity contribution >= 4 is 32.7 Å². The van der Waals surface area contributed by atoms with E-state index in [0.717, 1.165) is 24.3 Å². The molecule has 4 rings (SSSR count). The van der Waals surface area contributed by atoms with Crippen LogP contribution in [0.3, 0.4) is 0 Å². The van der Waals surface area contributed by atoms with Gasteiger partial charge in [-0.2, -0.15) is 0 Å². The number of pyridine rings is 2. The lowest BCUT2D eigenvalue weighted by Crippen LogP contribution is -2.41. The minimum Gasteiger partial charge on any atom is -0.351 e. The van der Waals surface area contributed by atoms with Crippen molar-refractivity contribution in [3.05, 3.63) is 64.6 Å². The summed E-state index contributed by atoms with van der Waals surface area (Å²) in [6.45, 7) is 4.85. The molecular formula is C21H22N4O4S. The lowest BCUT2D eigenvalue weighted by molar-refractivity contribution is 0.0981. The lowest BCUT2D eigenvalue weighted by Gasteiger charge is -2.34. The van der Waals surface area contributed by atoms with E-state index in [0.29, 0.717) is 17.9 Å². The maximum Gasteiger partial charge on any atom is 0.269 e. The number of carbonyl (C=O) groups excluding carboxylic acids is 1. The lowest BCUT2D eigenvalue weighted by atomic mass is 10.0. The predicted octanol–water partition coefficient (Wildman–Crippen LogP) is 2.42. The molecule has 156 valence electrons. The summed E-state index contributed by atoms with van der Waals surface area (Å²) in [5.41, 5.74) is -0.149. The van der Waals surface area contributed by atoms with Gasteiger partial charge < -0.3 is 9.88 Å². The van der Waals surface area contributed by atoms with Crippen molar-refractivity contribution < 1.29 is 13.2 Å². The van der Waals surface area contributed by atoms with E-state index in [4.69, 9.17) is 4.98 Å². The first-order chi connectivity index (χ1) is 14.2. The molecule has 1 saturated heterocycles. The molecule has 1 fully saturated rings. The monoisotopic (exact) mass is 426 g/mol. The molecule has 1 aliphatic heterocycles. The average Bonchev–Trinajstić information content (AvgIpc) is 3.05. The highest BCUT2D eigenvalue weighted by atomic mass is 32.2. The fourth-order valence-electron chi connectivity index (χ4n) is 3.83. The van der Waals surface area contributed by atoms with Crippen LogP contribution < -0.4 is 15.2 Å². The molecule has 9 heteroatoms. The zero-order chi connectivity index (χ0) is 21.5. The number of nitrogens with zero attached hydrogens (tertiary/aromatic N) is 2. The van der Waals surface area contributed by atoms with Crippen LogP contribution >= 0.6 is 0 Å². The number of aromatic amines is 1. The SMILES string of the molecule is CC1(C)CCCN1c1nc2ccccc2cc1C(=O)NS(=O)(=O)c1ccc[nH]c1=O. The second-order valence-corrected chi connectivity index (χ2v) is 9.57. The Morgan fingerprint density at radius 2 is 1.97 bits per heavy atom. The van der Waals surface area contributed by atoms with E-state index >= 15 is 0 Å². The average molecular weight is 426 g/mol. The first-order valence-corrected chi connectivity index (χ1v) is 11.1. The molecule has 2 N–H and O–H groups in total. The molecule has 0 radical (unpaired) electrons. The Labute approximate surface area is 174 Å². The first-order valence-electron chi connectivity index (χ1n) is 9.61. The quantitative estimate of drug-likeness (QED) is 0.663. The van der Waals surface area contributed by atoms with Crippen LogP contribution in [0.25, 0.3) is 10.9 Å². The molecule has 3 heterocycles. The second-order valence-electron chi connectivity index (χ2n) is 7.92. The Kier molecular flexibility index (Phi) is 4.85. The second kappa shape index (κ2) is 7.24. The predicted molar refractivity (Wildman–Crippen MR) is 114 cm³/mol. The maximum atomic E-state index is 13.1. The summed E-state index contributed by atoms with van der Waals surface area (Å²) >= 11 is 0. The summed E-state index contributed by atoms with van der Waals surface area (Å²) in [7, 11) is -4.35. The Morgan fingerprint density at radius 1 is 1.20 bits per heavy atom. The number of nitrogens with one attached hydrogen (secondary N) is 2. The maximum absolute atomic E-state index is 13.1. The van der Waals surface area contributed by atoms with E-state index in [2.05, 4.69) is 18.8 Å². The molecule has 2 aromatic heterocycles. The number of aromatic nitrogens is 2. The summed E-state index contributed by atoms with van der Waals surface area (Å²) in [5, 5.41) is 0.721. The van der Waals surface area contributed by atoms with Gasteiger partial charge in [-0.05, 0) is 51.0 Å². The van der Waals surface area contributed by atoms with Gasteiger partial charge in [0.05, 0.1) is 11.1 Å². The molecule has 0 atom stereocenters. The van der Waals surface area contributed by atoms with Gasteiger partial charge in [0.1, 0.15) is 5.82 Å². The van der Waals surface area contributed by atoms with E-state index in [1.807, 2.05) is 33.9 Å². The van der Waals surface area contributed by atoms with E-state index in [9.17, 15) is 18.0 Å². The van der Waals surface area contributed by atoms with Gasteiger partial charge in [0.2, 0.25) is 0 Å². The molecule has 0 spiro atoms. The Bertz CT molecular complexity index is 1300. The Morgan fingerprint density at radius 3 is 2.67 bits per heavy atom. The third-order valence-electron chi connectivity index (χ3n) is 5.40. The first kappa shape index (κ1) is 20.1. The van der Waals surface area contributed by atoms with E-state index in [1.165, 1.54) is 12.3 Å². The number of rotatable bonds is 4. The molecule has 1 amide bonds. The number of hydrogen-bond donors (Lipinski definition) is 2. The molecule has 1 aliphatic rings. The van der Waals surface area contributed by atoms with E-state index in [1.54, 1.807) is 6.07 Å². The van der Waals surface area contributed by atoms with Gasteiger partial charge in [0, 0.05) is 23.7 Å². The standard InChI is InChI=1S/C21H22N4O4S/c1-21(2)10-6-12-25(21)18-15(13-14-7-3-4-8-16(14)23-18)19(26)24-30(28,29)17-9-5-11-22-20(17)27/h3-5,7-9,11,13H,6,10,12H2,1-2H3,(H,22,27)(H,24,26). The highest BCUT2D eigenvalue weighted by Gasteiger charge is 2.36. The van der Waals surface area contributed by atoms with Crippen LogP contribution in [0.15, 0.2) is 58.4 Å². The molecule has 0 saturated carbocycles. The Balaban J connectivity index is 1.81. The smallest absolute Gasteiger partial charge is 0.269 e. The number of para-hydroxylation sites is 1. The van der Waals surface area contributed by atoms with Gasteiger partial charge >= 0.3 is 0 Å². The summed E-state index contributed by atoms with van der Waals surface area (Å²) in [5.74, 6) is -0.389. The van der Waals surface area contributed by atoms with Crippen LogP contribution in [0.4, 0.5) is 5.82 Å². The summed E-state index contributed by atoms with van der Waals surface area (Å²) in [4.78, 5) is 33.5. The zero-order valence-corrected chi connectivity index (χ0v) is 17.5. The van der Waals surface area contributed by atoms with Crippen LogP contribution in [0.1, 0.15) is 37.0 Å². The van der Waals surface area contributed by atoms with Crippen LogP contribution in [0, 0.1) is 0 Å². The van der Waals surface area contributed by atoms with Crippen molar-refractivity contribution in [3.8, 4) is 0 Å². The molecule has 0 bridgehead atoms. The molecule has 30 heavy (non-hydrogen) atoms. The van der Waals surface area contributed by atoms with Crippen molar-refractivity contribution in [2.24, 2.45) is 0 Å². The number of hydrogen-bond acceptors (Lipinski definition) is 6. The van der Waals surface area contributed by atoms with Crippen LogP contribution in [-0.4, -0.2) is 36.4 Å². The minimum atomic E-state index is -4.35. The normalized spacial score (nSPS) is 16.0. The topological polar surface area (TPSA) is 112 Å². The zero-order valence-electron chi connectivity index (χ0n) is 16.7. The van der Waals surface area contributed by atoms with Crippen molar-refractivity contribution in [3.63, 3.8) is 0 Å². The number of sulfonamides is 1. The highest BCUT2D eigenvalue weighted by Crippen LogP contribution is 2.35. The largest absolute Gasteiger partial charge is 0.351 e. The van der Waals surface area contributed by atoms with Crippen molar-refractivity contribution in [2.75, 3.05) is 11.4 Å². The van der Waals surface area contributed by atoms with Gasteiger partial charge in [0.25, 0.3) is 21.5 Å². The molecule has 0 aliphatic carbocycles. The Hall–Kier alpha value is -3.20. The van der Waals surface area contributed by atoms with Gasteiger partial charge in [-0.15, -0.1) is 0 Å². The van der Waals surface area contributed by atoms with Gasteiger partial charge in [0.15, 0.2) is 4.90 Å². The minimum absolute atomic E-state index is 0.152. The number of carbonyl (C=O) groups is 1. The van der Waals surface area contributed by atoms with Gasteiger partial charge in [-0.25, -0.2) is 18.1 Å². The highest BCUT2D eigenvalue weighted by molar-refractivity contribution is 7.90. The van der Waals surface area contributed by atoms with Crippen LogP contribution in [-0.2, 0) is 10.0 Å². The van der Waals surface area contributed by atoms with Crippen molar-refractivity contribution in [2.45, 2.75) is 37.1 Å². The van der Waals surface area contributed by atoms with Gasteiger partial charge in [-0.1, -0.05) is 18.2 Å². The third kappa shape index (κ3) is 3.56. The molecule has 3 aromatic rings. The van der Waals surface area contributed by atoms with Crippen molar-refractivity contribution in [1.29, 1.82) is 0 Å². The number of benzene rings is 1.